The Morgan fingerprint density at radius 2 is 1.95 bits per heavy atom. The first-order valence-electron chi connectivity index (χ1n) is 7.12. The van der Waals surface area contributed by atoms with Gasteiger partial charge in [-0.1, -0.05) is 22.9 Å². The predicted molar refractivity (Wildman–Crippen MR) is 84.5 cm³/mol. The number of hydrogen-bond donors (Lipinski definition) is 2. The highest BCUT2D eigenvalue weighted by Gasteiger charge is 2.10. The molecule has 0 spiro atoms. The van der Waals surface area contributed by atoms with E-state index in [1.165, 1.54) is 0 Å². The average Bonchev–Trinajstić information content (AvgIpc) is 2.45. The Morgan fingerprint density at radius 1 is 1.20 bits per heavy atom. The van der Waals surface area contributed by atoms with E-state index in [2.05, 4.69) is 28.2 Å². The second kappa shape index (κ2) is 10.0. The van der Waals surface area contributed by atoms with Gasteiger partial charge in [-0.3, -0.25) is 0 Å². The van der Waals surface area contributed by atoms with E-state index in [9.17, 15) is 0 Å². The molecule has 0 radical (unpaired) electrons. The van der Waals surface area contributed by atoms with E-state index < -0.39 is 0 Å². The van der Waals surface area contributed by atoms with Gasteiger partial charge < -0.3 is 19.9 Å². The average molecular weight is 346 g/mol. The van der Waals surface area contributed by atoms with E-state index in [-0.39, 0.29) is 6.61 Å². The number of hydrogen-bond acceptors (Lipinski definition) is 4. The number of aliphatic hydroxyl groups is 1. The molecule has 1 aromatic carbocycles. The van der Waals surface area contributed by atoms with Crippen molar-refractivity contribution in [1.82, 2.24) is 5.32 Å². The zero-order valence-electron chi connectivity index (χ0n) is 12.2. The maximum absolute atomic E-state index is 8.77. The van der Waals surface area contributed by atoms with Crippen LogP contribution < -0.4 is 14.8 Å². The molecule has 0 bridgehead atoms. The van der Waals surface area contributed by atoms with E-state index in [0.29, 0.717) is 13.2 Å². The summed E-state index contributed by atoms with van der Waals surface area (Å²) in [6.07, 6.45) is 1.72. The summed E-state index contributed by atoms with van der Waals surface area (Å²) in [6.45, 7) is 7.07. The fourth-order valence-corrected chi connectivity index (χ4v) is 2.20. The van der Waals surface area contributed by atoms with Gasteiger partial charge in [0.1, 0.15) is 0 Å². The van der Waals surface area contributed by atoms with Crippen molar-refractivity contribution in [1.29, 1.82) is 0 Å². The molecule has 0 aliphatic rings. The quantitative estimate of drug-likeness (QED) is 0.639. The maximum Gasteiger partial charge on any atom is 0.162 e. The summed E-state index contributed by atoms with van der Waals surface area (Å²) in [6, 6.07) is 3.97. The molecule has 0 unspecified atom stereocenters. The molecule has 0 aliphatic heterocycles. The van der Waals surface area contributed by atoms with Crippen molar-refractivity contribution in [2.24, 2.45) is 0 Å². The molecular weight excluding hydrogens is 322 g/mol. The van der Waals surface area contributed by atoms with E-state index in [0.717, 1.165) is 47.5 Å². The van der Waals surface area contributed by atoms with Crippen LogP contribution in [0.15, 0.2) is 16.6 Å². The number of aliphatic hydroxyl groups excluding tert-OH is 1. The maximum atomic E-state index is 8.77. The summed E-state index contributed by atoms with van der Waals surface area (Å²) in [5.74, 6) is 1.56. The lowest BCUT2D eigenvalue weighted by Gasteiger charge is -2.15. The molecule has 0 aromatic heterocycles. The van der Waals surface area contributed by atoms with Crippen LogP contribution in [0.3, 0.4) is 0 Å². The molecule has 0 atom stereocenters. The molecule has 0 fully saturated rings. The van der Waals surface area contributed by atoms with Crippen molar-refractivity contribution in [2.45, 2.75) is 33.2 Å². The lowest BCUT2D eigenvalue weighted by Crippen LogP contribution is -2.16. The van der Waals surface area contributed by atoms with Crippen LogP contribution in [0.5, 0.6) is 11.5 Å². The predicted octanol–water partition coefficient (Wildman–Crippen LogP) is 3.11. The van der Waals surface area contributed by atoms with Crippen LogP contribution in [0, 0.1) is 0 Å². The summed E-state index contributed by atoms with van der Waals surface area (Å²) >= 11 is 3.57. The number of benzene rings is 1. The number of ether oxygens (including phenoxy) is 2. The molecule has 2 N–H and O–H groups in total. The molecule has 0 amide bonds. The van der Waals surface area contributed by atoms with Gasteiger partial charge in [-0.2, -0.15) is 0 Å². The first-order valence-corrected chi connectivity index (χ1v) is 7.91. The molecule has 20 heavy (non-hydrogen) atoms. The number of halogens is 1. The van der Waals surface area contributed by atoms with Crippen molar-refractivity contribution in [3.63, 3.8) is 0 Å². The Hall–Kier alpha value is -0.780. The van der Waals surface area contributed by atoms with Gasteiger partial charge in [0.05, 0.1) is 13.2 Å². The molecule has 5 heteroatoms. The van der Waals surface area contributed by atoms with Crippen molar-refractivity contribution in [3.05, 3.63) is 22.2 Å². The lowest BCUT2D eigenvalue weighted by molar-refractivity contribution is 0.276. The molecule has 0 saturated heterocycles. The van der Waals surface area contributed by atoms with Crippen LogP contribution in [0.4, 0.5) is 0 Å². The van der Waals surface area contributed by atoms with Crippen LogP contribution in [-0.2, 0) is 6.54 Å². The van der Waals surface area contributed by atoms with Gasteiger partial charge in [0.2, 0.25) is 0 Å². The molecule has 1 rings (SSSR count). The minimum Gasteiger partial charge on any atom is -0.490 e. The van der Waals surface area contributed by atoms with Crippen molar-refractivity contribution in [3.8, 4) is 11.5 Å². The lowest BCUT2D eigenvalue weighted by atomic mass is 10.2. The standard InChI is InChI=1S/C15H24BrNO3/c1-3-8-20-15-10-13(16)12(9-14(15)19-4-2)11-17-6-5-7-18/h9-10,17-18H,3-8,11H2,1-2H3. The van der Waals surface area contributed by atoms with Crippen LogP contribution in [0.2, 0.25) is 0 Å². The molecular formula is C15H24BrNO3. The molecule has 0 aliphatic carbocycles. The smallest absolute Gasteiger partial charge is 0.162 e. The summed E-state index contributed by atoms with van der Waals surface area (Å²) in [4.78, 5) is 0. The summed E-state index contributed by atoms with van der Waals surface area (Å²) in [5, 5.41) is 12.1. The SMILES string of the molecule is CCCOc1cc(Br)c(CNCCCO)cc1OCC. The Labute approximate surface area is 129 Å². The van der Waals surface area contributed by atoms with Crippen LogP contribution in [0.1, 0.15) is 32.3 Å². The van der Waals surface area contributed by atoms with Crippen LogP contribution in [-0.4, -0.2) is 31.5 Å². The van der Waals surface area contributed by atoms with Crippen molar-refractivity contribution >= 4 is 15.9 Å². The molecule has 1 aromatic rings. The largest absolute Gasteiger partial charge is 0.490 e. The minimum atomic E-state index is 0.210. The third-order valence-electron chi connectivity index (χ3n) is 2.70. The Balaban J connectivity index is 2.77. The first kappa shape index (κ1) is 17.3. The van der Waals surface area contributed by atoms with Gasteiger partial charge in [-0.25, -0.2) is 0 Å². The highest BCUT2D eigenvalue weighted by atomic mass is 79.9. The molecule has 4 nitrogen and oxygen atoms in total. The Morgan fingerprint density at radius 3 is 2.60 bits per heavy atom. The third-order valence-corrected chi connectivity index (χ3v) is 3.44. The fraction of sp³-hybridized carbons (Fsp3) is 0.600. The minimum absolute atomic E-state index is 0.210. The Bertz CT molecular complexity index is 399. The highest BCUT2D eigenvalue weighted by molar-refractivity contribution is 9.10. The van der Waals surface area contributed by atoms with E-state index in [1.54, 1.807) is 0 Å². The molecule has 0 saturated carbocycles. The van der Waals surface area contributed by atoms with Gasteiger partial charge in [0, 0.05) is 17.6 Å². The van der Waals surface area contributed by atoms with Crippen molar-refractivity contribution < 1.29 is 14.6 Å². The van der Waals surface area contributed by atoms with Crippen LogP contribution >= 0.6 is 15.9 Å². The van der Waals surface area contributed by atoms with Gasteiger partial charge >= 0.3 is 0 Å². The Kier molecular flexibility index (Phi) is 8.65. The summed E-state index contributed by atoms with van der Waals surface area (Å²) < 4.78 is 12.4. The zero-order chi connectivity index (χ0) is 14.8. The second-order valence-corrected chi connectivity index (χ2v) is 5.28. The van der Waals surface area contributed by atoms with Crippen LogP contribution in [0.25, 0.3) is 0 Å². The number of nitrogens with one attached hydrogen (secondary N) is 1. The van der Waals surface area contributed by atoms with E-state index in [1.807, 2.05) is 19.1 Å². The van der Waals surface area contributed by atoms with E-state index >= 15 is 0 Å². The van der Waals surface area contributed by atoms with Crippen molar-refractivity contribution in [2.75, 3.05) is 26.4 Å². The first-order chi connectivity index (χ1) is 9.72. The molecule has 114 valence electrons. The fourth-order valence-electron chi connectivity index (χ4n) is 1.73. The summed E-state index contributed by atoms with van der Waals surface area (Å²) in [5.41, 5.74) is 1.12. The number of rotatable bonds is 10. The van der Waals surface area contributed by atoms with E-state index in [4.69, 9.17) is 14.6 Å². The van der Waals surface area contributed by atoms with Gasteiger partial charge in [-0.15, -0.1) is 0 Å². The zero-order valence-corrected chi connectivity index (χ0v) is 13.8. The van der Waals surface area contributed by atoms with Gasteiger partial charge in [0.25, 0.3) is 0 Å². The topological polar surface area (TPSA) is 50.7 Å². The monoisotopic (exact) mass is 345 g/mol. The normalized spacial score (nSPS) is 10.6. The van der Waals surface area contributed by atoms with Gasteiger partial charge in [-0.05, 0) is 44.0 Å². The third kappa shape index (κ3) is 5.69. The highest BCUT2D eigenvalue weighted by Crippen LogP contribution is 2.34. The van der Waals surface area contributed by atoms with Gasteiger partial charge in [0.15, 0.2) is 11.5 Å². The summed E-state index contributed by atoms with van der Waals surface area (Å²) in [7, 11) is 0. The molecule has 0 heterocycles. The second-order valence-electron chi connectivity index (χ2n) is 4.43.